The molecule has 1 aliphatic rings. The van der Waals surface area contributed by atoms with Gasteiger partial charge in [0, 0.05) is 34.8 Å². The third-order valence-corrected chi connectivity index (χ3v) is 5.56. The van der Waals surface area contributed by atoms with Crippen molar-refractivity contribution < 1.29 is 19.1 Å². The van der Waals surface area contributed by atoms with E-state index in [4.69, 9.17) is 21.1 Å². The van der Waals surface area contributed by atoms with E-state index in [1.807, 2.05) is 0 Å². The molecule has 0 fully saturated rings. The first kappa shape index (κ1) is 19.2. The van der Waals surface area contributed by atoms with Gasteiger partial charge in [-0.05, 0) is 49.2 Å². The Labute approximate surface area is 161 Å². The summed E-state index contributed by atoms with van der Waals surface area (Å²) >= 11 is 5.95. The molecule has 1 aromatic carbocycles. The third-order valence-electron chi connectivity index (χ3n) is 5.31. The maximum Gasteiger partial charge on any atom is 0.323 e. The Hall–Kier alpha value is -2.60. The van der Waals surface area contributed by atoms with Gasteiger partial charge >= 0.3 is 11.9 Å². The van der Waals surface area contributed by atoms with E-state index in [0.717, 1.165) is 5.56 Å². The van der Waals surface area contributed by atoms with Gasteiger partial charge in [0.25, 0.3) is 5.56 Å². The van der Waals surface area contributed by atoms with E-state index in [1.165, 1.54) is 14.2 Å². The fourth-order valence-electron chi connectivity index (χ4n) is 3.83. The first-order chi connectivity index (χ1) is 12.8. The second-order valence-electron chi connectivity index (χ2n) is 6.70. The molecule has 1 aromatic heterocycles. The number of carbonyl (C=O) groups is 2. The zero-order valence-electron chi connectivity index (χ0n) is 15.6. The highest BCUT2D eigenvalue weighted by atomic mass is 35.5. The maximum absolute atomic E-state index is 13.0. The SMILES string of the molecule is COC(=O)C1(C(=O)OC)Cc2c(c(C)n(-c3ccc(Cl)cc3)c(=O)c2C)C1. The minimum atomic E-state index is -1.47. The molecule has 0 saturated heterocycles. The van der Waals surface area contributed by atoms with Crippen molar-refractivity contribution in [2.45, 2.75) is 26.7 Å². The highest BCUT2D eigenvalue weighted by Crippen LogP contribution is 2.41. The Morgan fingerprint density at radius 2 is 1.52 bits per heavy atom. The number of esters is 2. The van der Waals surface area contributed by atoms with Gasteiger partial charge in [0.05, 0.1) is 14.2 Å². The lowest BCUT2D eigenvalue weighted by Crippen LogP contribution is -2.42. The van der Waals surface area contributed by atoms with Crippen molar-refractivity contribution in [3.05, 3.63) is 62.0 Å². The summed E-state index contributed by atoms with van der Waals surface area (Å²) in [4.78, 5) is 38.0. The predicted octanol–water partition coefficient (Wildman–Crippen LogP) is 2.54. The first-order valence-corrected chi connectivity index (χ1v) is 8.81. The van der Waals surface area contributed by atoms with Gasteiger partial charge in [-0.3, -0.25) is 19.0 Å². The summed E-state index contributed by atoms with van der Waals surface area (Å²) in [6, 6.07) is 6.92. The number of hydrogen-bond donors (Lipinski definition) is 0. The standard InChI is InChI=1S/C20H20ClNO5/c1-11-15-9-20(18(24)26-3,19(25)27-4)10-16(15)12(2)22(17(11)23)14-7-5-13(21)6-8-14/h5-8H,9-10H2,1-4H3. The van der Waals surface area contributed by atoms with Gasteiger partial charge in [0.1, 0.15) is 0 Å². The molecule has 0 bridgehead atoms. The van der Waals surface area contributed by atoms with Crippen molar-refractivity contribution in [2.24, 2.45) is 5.41 Å². The Balaban J connectivity index is 2.23. The maximum atomic E-state index is 13.0. The van der Waals surface area contributed by atoms with E-state index in [0.29, 0.717) is 27.5 Å². The smallest absolute Gasteiger partial charge is 0.323 e. The van der Waals surface area contributed by atoms with Crippen LogP contribution in [0.4, 0.5) is 0 Å². The van der Waals surface area contributed by atoms with Crippen LogP contribution in [0.2, 0.25) is 5.02 Å². The number of pyridine rings is 1. The van der Waals surface area contributed by atoms with Gasteiger partial charge in [-0.15, -0.1) is 0 Å². The average molecular weight is 390 g/mol. The van der Waals surface area contributed by atoms with Crippen LogP contribution in [0.15, 0.2) is 29.1 Å². The fourth-order valence-corrected chi connectivity index (χ4v) is 3.96. The number of nitrogens with zero attached hydrogens (tertiary/aromatic N) is 1. The molecule has 2 aromatic rings. The molecular weight excluding hydrogens is 370 g/mol. The molecule has 0 saturated carbocycles. The van der Waals surface area contributed by atoms with E-state index in [1.54, 1.807) is 42.7 Å². The first-order valence-electron chi connectivity index (χ1n) is 8.43. The minimum absolute atomic E-state index is 0.0883. The number of fused-ring (bicyclic) bond motifs is 1. The molecule has 7 heteroatoms. The number of methoxy groups -OCH3 is 2. The zero-order valence-corrected chi connectivity index (χ0v) is 16.3. The van der Waals surface area contributed by atoms with Crippen LogP contribution in [0, 0.1) is 19.3 Å². The molecule has 0 amide bonds. The van der Waals surface area contributed by atoms with E-state index in [9.17, 15) is 14.4 Å². The second-order valence-corrected chi connectivity index (χ2v) is 7.14. The third kappa shape index (κ3) is 2.84. The van der Waals surface area contributed by atoms with Crippen LogP contribution < -0.4 is 5.56 Å². The molecule has 27 heavy (non-hydrogen) atoms. The molecular formula is C20H20ClNO5. The fraction of sp³-hybridized carbons (Fsp3) is 0.350. The summed E-state index contributed by atoms with van der Waals surface area (Å²) in [6.07, 6.45) is 0.216. The lowest BCUT2D eigenvalue weighted by molar-refractivity contribution is -0.168. The van der Waals surface area contributed by atoms with Crippen LogP contribution in [0.5, 0.6) is 0 Å². The molecule has 0 atom stereocenters. The van der Waals surface area contributed by atoms with E-state index in [2.05, 4.69) is 0 Å². The predicted molar refractivity (Wildman–Crippen MR) is 100 cm³/mol. The molecule has 3 rings (SSSR count). The molecule has 1 aliphatic carbocycles. The Morgan fingerprint density at radius 1 is 1.00 bits per heavy atom. The molecule has 0 radical (unpaired) electrons. The number of aromatic nitrogens is 1. The van der Waals surface area contributed by atoms with Crippen molar-refractivity contribution in [1.82, 2.24) is 4.57 Å². The summed E-state index contributed by atoms with van der Waals surface area (Å²) in [6.45, 7) is 3.51. The van der Waals surface area contributed by atoms with Crippen LogP contribution in [-0.2, 0) is 31.9 Å². The van der Waals surface area contributed by atoms with Gasteiger partial charge in [-0.1, -0.05) is 11.6 Å². The summed E-state index contributed by atoms with van der Waals surface area (Å²) in [5.41, 5.74) is 1.68. The van der Waals surface area contributed by atoms with Gasteiger partial charge in [0.2, 0.25) is 0 Å². The quantitative estimate of drug-likeness (QED) is 0.595. The summed E-state index contributed by atoms with van der Waals surface area (Å²) in [7, 11) is 2.48. The van der Waals surface area contributed by atoms with Crippen LogP contribution in [0.25, 0.3) is 5.69 Å². The van der Waals surface area contributed by atoms with Crippen molar-refractivity contribution in [3.63, 3.8) is 0 Å². The Morgan fingerprint density at radius 3 is 2.04 bits per heavy atom. The number of halogens is 1. The van der Waals surface area contributed by atoms with E-state index >= 15 is 0 Å². The Bertz CT molecular complexity index is 975. The van der Waals surface area contributed by atoms with Crippen LogP contribution in [0.3, 0.4) is 0 Å². The second kappa shape index (κ2) is 6.85. The number of benzene rings is 1. The summed E-state index contributed by atoms with van der Waals surface area (Å²) in [5, 5.41) is 0.567. The number of rotatable bonds is 3. The summed E-state index contributed by atoms with van der Waals surface area (Å²) < 4.78 is 11.4. The number of ether oxygens (including phenoxy) is 2. The number of carbonyl (C=O) groups excluding carboxylic acids is 2. The van der Waals surface area contributed by atoms with Crippen LogP contribution in [0.1, 0.15) is 22.4 Å². The molecule has 0 spiro atoms. The monoisotopic (exact) mass is 389 g/mol. The molecule has 1 heterocycles. The molecule has 6 nitrogen and oxygen atoms in total. The lowest BCUT2D eigenvalue weighted by atomic mass is 9.84. The van der Waals surface area contributed by atoms with E-state index in [-0.39, 0.29) is 18.4 Å². The van der Waals surface area contributed by atoms with Crippen molar-refractivity contribution in [2.75, 3.05) is 14.2 Å². The minimum Gasteiger partial charge on any atom is -0.468 e. The number of hydrogen-bond acceptors (Lipinski definition) is 5. The Kier molecular flexibility index (Phi) is 4.86. The van der Waals surface area contributed by atoms with Crippen molar-refractivity contribution >= 4 is 23.5 Å². The summed E-state index contributed by atoms with van der Waals surface area (Å²) in [5.74, 6) is -1.32. The molecule has 0 unspecified atom stereocenters. The van der Waals surface area contributed by atoms with Gasteiger partial charge in [0.15, 0.2) is 5.41 Å². The van der Waals surface area contributed by atoms with Gasteiger partial charge < -0.3 is 9.47 Å². The normalized spacial score (nSPS) is 14.6. The average Bonchev–Trinajstić information content (AvgIpc) is 3.09. The topological polar surface area (TPSA) is 74.6 Å². The highest BCUT2D eigenvalue weighted by molar-refractivity contribution is 6.30. The van der Waals surface area contributed by atoms with Gasteiger partial charge in [-0.2, -0.15) is 0 Å². The van der Waals surface area contributed by atoms with Crippen LogP contribution >= 0.6 is 11.6 Å². The van der Waals surface area contributed by atoms with Gasteiger partial charge in [-0.25, -0.2) is 0 Å². The molecule has 0 aliphatic heterocycles. The lowest BCUT2D eigenvalue weighted by Gasteiger charge is -2.22. The molecule has 142 valence electrons. The van der Waals surface area contributed by atoms with E-state index < -0.39 is 17.4 Å². The zero-order chi connectivity index (χ0) is 19.9. The molecule has 0 N–H and O–H groups in total. The van der Waals surface area contributed by atoms with Crippen LogP contribution in [-0.4, -0.2) is 30.7 Å². The van der Waals surface area contributed by atoms with Crippen molar-refractivity contribution in [3.8, 4) is 5.69 Å². The highest BCUT2D eigenvalue weighted by Gasteiger charge is 2.53. The van der Waals surface area contributed by atoms with Crippen molar-refractivity contribution in [1.29, 1.82) is 0 Å². The largest absolute Gasteiger partial charge is 0.468 e.